The highest BCUT2D eigenvalue weighted by Gasteiger charge is 2.24. The van der Waals surface area contributed by atoms with E-state index in [1.807, 2.05) is 31.2 Å². The quantitative estimate of drug-likeness (QED) is 0.456. The molecule has 9 nitrogen and oxygen atoms in total. The Morgan fingerprint density at radius 2 is 1.88 bits per heavy atom. The molecule has 0 atom stereocenters. The van der Waals surface area contributed by atoms with Crippen molar-refractivity contribution in [2.24, 2.45) is 0 Å². The number of pyridine rings is 1. The van der Waals surface area contributed by atoms with Gasteiger partial charge in [0.1, 0.15) is 17.8 Å². The monoisotopic (exact) mass is 457 g/mol. The van der Waals surface area contributed by atoms with E-state index in [9.17, 15) is 4.79 Å². The maximum absolute atomic E-state index is 11.1. The number of aromatic carboxylic acids is 1. The number of hydrogen-bond donors (Lipinski definition) is 1. The molecular formula is C25H23N5O4. The number of aryl methyl sites for hydroxylation is 1. The fourth-order valence-electron chi connectivity index (χ4n) is 3.91. The topological polar surface area (TPSA) is 101 Å². The molecule has 0 bridgehead atoms. The van der Waals surface area contributed by atoms with Gasteiger partial charge in [0.05, 0.1) is 36.2 Å². The fourth-order valence-corrected chi connectivity index (χ4v) is 3.91. The van der Waals surface area contributed by atoms with Gasteiger partial charge < -0.3 is 14.6 Å². The molecule has 1 saturated heterocycles. The van der Waals surface area contributed by atoms with Gasteiger partial charge in [-0.15, -0.1) is 0 Å². The lowest BCUT2D eigenvalue weighted by Crippen LogP contribution is -2.47. The second-order valence-electron chi connectivity index (χ2n) is 7.85. The Hall–Kier alpha value is -4.08. The predicted molar refractivity (Wildman–Crippen MR) is 127 cm³/mol. The fraction of sp³-hybridized carbons (Fsp3) is 0.200. The van der Waals surface area contributed by atoms with Crippen molar-refractivity contribution in [3.05, 3.63) is 78.4 Å². The second kappa shape index (κ2) is 9.42. The van der Waals surface area contributed by atoms with Gasteiger partial charge >= 0.3 is 5.97 Å². The lowest BCUT2D eigenvalue weighted by atomic mass is 10.1. The molecule has 0 radical (unpaired) electrons. The molecule has 1 fully saturated rings. The van der Waals surface area contributed by atoms with Crippen molar-refractivity contribution in [3.63, 3.8) is 0 Å². The number of morpholine rings is 1. The first kappa shape index (κ1) is 21.7. The zero-order valence-electron chi connectivity index (χ0n) is 18.6. The lowest BCUT2D eigenvalue weighted by Gasteiger charge is -2.38. The van der Waals surface area contributed by atoms with Crippen molar-refractivity contribution >= 4 is 28.4 Å². The predicted octanol–water partition coefficient (Wildman–Crippen LogP) is 4.21. The van der Waals surface area contributed by atoms with Gasteiger partial charge in [0.25, 0.3) is 0 Å². The molecule has 9 heteroatoms. The van der Waals surface area contributed by atoms with Crippen LogP contribution in [0.25, 0.3) is 10.9 Å². The molecule has 0 unspecified atom stereocenters. The van der Waals surface area contributed by atoms with Crippen LogP contribution >= 0.6 is 0 Å². The standard InChI is InChI=1S/C25H23N5O4/c1-17-14-19(4-7-23(17)34-20-5-2-18(3-6-20)25(31)32)30(29-10-12-33-13-11-29)24-21-8-9-26-15-22(21)27-16-28-24/h2-9,14-16H,10-13H2,1H3,(H,31,32). The molecule has 1 aliphatic rings. The first-order valence-electron chi connectivity index (χ1n) is 10.9. The molecule has 0 aliphatic carbocycles. The van der Waals surface area contributed by atoms with Crippen molar-refractivity contribution in [3.8, 4) is 11.5 Å². The van der Waals surface area contributed by atoms with Crippen LogP contribution in [0.3, 0.4) is 0 Å². The maximum Gasteiger partial charge on any atom is 0.335 e. The minimum absolute atomic E-state index is 0.216. The van der Waals surface area contributed by atoms with Gasteiger partial charge in [-0.2, -0.15) is 0 Å². The number of hydrogen-bond acceptors (Lipinski definition) is 8. The summed E-state index contributed by atoms with van der Waals surface area (Å²) >= 11 is 0. The van der Waals surface area contributed by atoms with E-state index in [0.29, 0.717) is 24.7 Å². The highest BCUT2D eigenvalue weighted by atomic mass is 16.5. The number of carbonyl (C=O) groups is 1. The number of carboxylic acids is 1. The Labute approximate surface area is 196 Å². The molecule has 34 heavy (non-hydrogen) atoms. The van der Waals surface area contributed by atoms with Crippen LogP contribution in [-0.4, -0.2) is 57.3 Å². The van der Waals surface area contributed by atoms with Crippen molar-refractivity contribution < 1.29 is 19.4 Å². The van der Waals surface area contributed by atoms with E-state index in [0.717, 1.165) is 41.1 Å². The number of carboxylic acid groups (broad SMARTS) is 1. The minimum atomic E-state index is -0.969. The summed E-state index contributed by atoms with van der Waals surface area (Å²) < 4.78 is 11.6. The van der Waals surface area contributed by atoms with Crippen molar-refractivity contribution in [2.75, 3.05) is 31.3 Å². The zero-order chi connectivity index (χ0) is 23.5. The summed E-state index contributed by atoms with van der Waals surface area (Å²) in [5.41, 5.74) is 2.85. The van der Waals surface area contributed by atoms with Gasteiger partial charge in [-0.3, -0.25) is 9.99 Å². The number of aromatic nitrogens is 3. The molecule has 5 rings (SSSR count). The lowest BCUT2D eigenvalue weighted by molar-refractivity contribution is 0.0376. The highest BCUT2D eigenvalue weighted by Crippen LogP contribution is 2.35. The summed E-state index contributed by atoms with van der Waals surface area (Å²) in [7, 11) is 0. The van der Waals surface area contributed by atoms with E-state index >= 15 is 0 Å². The van der Waals surface area contributed by atoms with Gasteiger partial charge in [0.2, 0.25) is 0 Å². The van der Waals surface area contributed by atoms with E-state index < -0.39 is 5.97 Å². The summed E-state index contributed by atoms with van der Waals surface area (Å²) in [6, 6.07) is 14.2. The number of ether oxygens (including phenoxy) is 2. The molecule has 1 N–H and O–H groups in total. The Morgan fingerprint density at radius 1 is 1.09 bits per heavy atom. The average Bonchev–Trinajstić information content (AvgIpc) is 2.87. The first-order chi connectivity index (χ1) is 16.6. The molecule has 2 aromatic carbocycles. The molecule has 4 aromatic rings. The third-order valence-corrected chi connectivity index (χ3v) is 5.62. The summed E-state index contributed by atoms with van der Waals surface area (Å²) in [6.45, 7) is 4.69. The SMILES string of the molecule is Cc1cc(N(c2ncnc3cnccc23)N2CCOCC2)ccc1Oc1ccc(C(=O)O)cc1. The minimum Gasteiger partial charge on any atom is -0.478 e. The molecule has 3 heterocycles. The van der Waals surface area contributed by atoms with Crippen molar-refractivity contribution in [1.29, 1.82) is 0 Å². The van der Waals surface area contributed by atoms with E-state index in [2.05, 4.69) is 25.0 Å². The van der Waals surface area contributed by atoms with Crippen LogP contribution in [0.15, 0.2) is 67.3 Å². The normalized spacial score (nSPS) is 14.1. The van der Waals surface area contributed by atoms with Crippen LogP contribution in [0.5, 0.6) is 11.5 Å². The van der Waals surface area contributed by atoms with Crippen LogP contribution in [-0.2, 0) is 4.74 Å². The number of fused-ring (bicyclic) bond motifs is 1. The molecule has 0 saturated carbocycles. The largest absolute Gasteiger partial charge is 0.478 e. The number of hydrazine groups is 1. The molecular weight excluding hydrogens is 434 g/mol. The molecule has 1 aliphatic heterocycles. The van der Waals surface area contributed by atoms with Crippen LogP contribution in [0.2, 0.25) is 0 Å². The molecule has 0 spiro atoms. The smallest absolute Gasteiger partial charge is 0.335 e. The number of anilines is 2. The molecule has 172 valence electrons. The Balaban J connectivity index is 1.50. The second-order valence-corrected chi connectivity index (χ2v) is 7.85. The van der Waals surface area contributed by atoms with Crippen LogP contribution in [0.4, 0.5) is 11.5 Å². The number of benzene rings is 2. The number of nitrogens with zero attached hydrogens (tertiary/aromatic N) is 5. The van der Waals surface area contributed by atoms with Gasteiger partial charge in [0, 0.05) is 24.7 Å². The summed E-state index contributed by atoms with van der Waals surface area (Å²) in [6.07, 6.45) is 5.03. The average molecular weight is 457 g/mol. The van der Waals surface area contributed by atoms with E-state index in [-0.39, 0.29) is 5.56 Å². The summed E-state index contributed by atoms with van der Waals surface area (Å²) in [5, 5.41) is 14.3. The summed E-state index contributed by atoms with van der Waals surface area (Å²) in [5.74, 6) is 1.06. The van der Waals surface area contributed by atoms with Gasteiger partial charge in [-0.1, -0.05) is 0 Å². The Kier molecular flexibility index (Phi) is 6.03. The summed E-state index contributed by atoms with van der Waals surface area (Å²) in [4.78, 5) is 24.3. The van der Waals surface area contributed by atoms with Crippen LogP contribution in [0.1, 0.15) is 15.9 Å². The Morgan fingerprint density at radius 3 is 2.62 bits per heavy atom. The first-order valence-corrected chi connectivity index (χ1v) is 10.9. The Bertz CT molecular complexity index is 1320. The molecule has 2 aromatic heterocycles. The van der Waals surface area contributed by atoms with Gasteiger partial charge in [0.15, 0.2) is 5.82 Å². The van der Waals surface area contributed by atoms with E-state index in [4.69, 9.17) is 14.6 Å². The van der Waals surface area contributed by atoms with Crippen molar-refractivity contribution in [2.45, 2.75) is 6.92 Å². The third-order valence-electron chi connectivity index (χ3n) is 5.62. The van der Waals surface area contributed by atoms with Crippen LogP contribution < -0.4 is 9.75 Å². The van der Waals surface area contributed by atoms with Gasteiger partial charge in [-0.05, 0) is 61.0 Å². The highest BCUT2D eigenvalue weighted by molar-refractivity contribution is 5.90. The van der Waals surface area contributed by atoms with Crippen molar-refractivity contribution in [1.82, 2.24) is 20.0 Å². The van der Waals surface area contributed by atoms with E-state index in [1.54, 1.807) is 30.9 Å². The maximum atomic E-state index is 11.1. The van der Waals surface area contributed by atoms with Crippen LogP contribution in [0, 0.1) is 6.92 Å². The zero-order valence-corrected chi connectivity index (χ0v) is 18.6. The number of rotatable bonds is 6. The third kappa shape index (κ3) is 4.39. The van der Waals surface area contributed by atoms with E-state index in [1.165, 1.54) is 12.1 Å². The molecule has 0 amide bonds. The van der Waals surface area contributed by atoms with Gasteiger partial charge in [-0.25, -0.2) is 19.8 Å².